The van der Waals surface area contributed by atoms with Gasteiger partial charge in [0.1, 0.15) is 0 Å². The van der Waals surface area contributed by atoms with Crippen LogP contribution in [-0.2, 0) is 0 Å². The molecule has 1 heterocycles. The third-order valence-electron chi connectivity index (χ3n) is 8.48. The van der Waals surface area contributed by atoms with Crippen LogP contribution in [0.3, 0.4) is 0 Å². The zero-order valence-corrected chi connectivity index (χ0v) is 26.4. The summed E-state index contributed by atoms with van der Waals surface area (Å²) in [6.45, 7) is 26.0. The van der Waals surface area contributed by atoms with Crippen LogP contribution >= 0.6 is 0 Å². The van der Waals surface area contributed by atoms with Gasteiger partial charge >= 0.3 is 0 Å². The number of nitrogens with zero attached hydrogens (tertiary/aromatic N) is 2. The van der Waals surface area contributed by atoms with Gasteiger partial charge in [0.15, 0.2) is 0 Å². The van der Waals surface area contributed by atoms with Crippen molar-refractivity contribution in [1.29, 1.82) is 0 Å². The van der Waals surface area contributed by atoms with Crippen LogP contribution < -0.4 is 15.5 Å². The first-order chi connectivity index (χ1) is 20.0. The number of benzene rings is 4. The van der Waals surface area contributed by atoms with Gasteiger partial charge in [-0.2, -0.15) is 0 Å². The fraction of sp³-hybridized carbons (Fsp3) is 0.200. The molecule has 0 aliphatic rings. The topological polar surface area (TPSA) is 8.17 Å². The summed E-state index contributed by atoms with van der Waals surface area (Å²) in [6.07, 6.45) is 2.15. The Kier molecular flexibility index (Phi) is 7.84. The molecule has 42 heavy (non-hydrogen) atoms. The summed E-state index contributed by atoms with van der Waals surface area (Å²) in [5.41, 5.74) is 16.7. The molecule has 0 aliphatic carbocycles. The zero-order chi connectivity index (χ0) is 30.3. The molecule has 0 fully saturated rings. The first-order valence-electron chi connectivity index (χ1n) is 14.7. The number of aromatic nitrogens is 1. The molecular weight excluding hydrogens is 508 g/mol. The Morgan fingerprint density at radius 1 is 0.643 bits per heavy atom. The lowest BCUT2D eigenvalue weighted by atomic mass is 10.00. The Balaban J connectivity index is 1.73. The van der Waals surface area contributed by atoms with Gasteiger partial charge in [0.2, 0.25) is 0 Å². The highest BCUT2D eigenvalue weighted by Crippen LogP contribution is 2.37. The lowest BCUT2D eigenvalue weighted by molar-refractivity contribution is 1.03. The number of hydrogen-bond acceptors (Lipinski definition) is 1. The molecule has 2 nitrogen and oxygen atoms in total. The highest BCUT2D eigenvalue weighted by atomic mass is 15.1. The normalized spacial score (nSPS) is 11.7. The second kappa shape index (κ2) is 11.4. The van der Waals surface area contributed by atoms with E-state index in [9.17, 15) is 0 Å². The summed E-state index contributed by atoms with van der Waals surface area (Å²) in [6, 6.07) is 29.0. The van der Waals surface area contributed by atoms with Crippen LogP contribution in [0.1, 0.15) is 45.9 Å². The molecule has 4 aromatic carbocycles. The number of aryl methyl sites for hydroxylation is 6. The smallest absolute Gasteiger partial charge is 0.0572 e. The van der Waals surface area contributed by atoms with Crippen LogP contribution in [0, 0.1) is 48.5 Å². The molecule has 0 saturated heterocycles. The van der Waals surface area contributed by atoms with E-state index in [1.807, 2.05) is 6.92 Å². The number of rotatable bonds is 6. The lowest BCUT2D eigenvalue weighted by Gasteiger charge is -2.27. The third-order valence-corrected chi connectivity index (χ3v) is 8.48. The largest absolute Gasteiger partial charge is 0.310 e. The van der Waals surface area contributed by atoms with Crippen LogP contribution in [0.5, 0.6) is 0 Å². The standard InChI is InChI=1S/C40H42N2/c1-25(2)21-39-32(9)33(10)40(38-22-26(3)11-12-29(38)6)42(39)35-19-17-34(18-20-35)41(36-15-13-27(4)30(7)23-36)37-16-14-28(5)31(8)24-37/h11-24H,1,9H2,2-8,10H3/b39-21+. The van der Waals surface area contributed by atoms with E-state index in [1.54, 1.807) is 0 Å². The van der Waals surface area contributed by atoms with Gasteiger partial charge in [0, 0.05) is 28.3 Å². The van der Waals surface area contributed by atoms with Gasteiger partial charge in [-0.15, -0.1) is 0 Å². The van der Waals surface area contributed by atoms with Crippen LogP contribution in [0.15, 0.2) is 91.0 Å². The summed E-state index contributed by atoms with van der Waals surface area (Å²) < 4.78 is 2.36. The van der Waals surface area contributed by atoms with Gasteiger partial charge in [-0.05, 0) is 155 Å². The van der Waals surface area contributed by atoms with Gasteiger partial charge in [-0.1, -0.05) is 48.6 Å². The van der Waals surface area contributed by atoms with E-state index in [0.717, 1.165) is 38.9 Å². The molecule has 0 spiro atoms. The molecule has 0 radical (unpaired) electrons. The van der Waals surface area contributed by atoms with E-state index in [2.05, 4.69) is 156 Å². The average Bonchev–Trinajstić information content (AvgIpc) is 3.19. The van der Waals surface area contributed by atoms with Crippen LogP contribution in [0.25, 0.3) is 29.6 Å². The average molecular weight is 551 g/mol. The van der Waals surface area contributed by atoms with Crippen molar-refractivity contribution in [2.45, 2.75) is 55.4 Å². The molecule has 0 N–H and O–H groups in total. The minimum absolute atomic E-state index is 0.999. The molecule has 0 aliphatic heterocycles. The van der Waals surface area contributed by atoms with Crippen molar-refractivity contribution in [2.75, 3.05) is 4.90 Å². The van der Waals surface area contributed by atoms with Crippen LogP contribution in [-0.4, -0.2) is 4.57 Å². The number of allylic oxidation sites excluding steroid dienone is 1. The number of hydrogen-bond donors (Lipinski definition) is 0. The minimum Gasteiger partial charge on any atom is -0.310 e. The van der Waals surface area contributed by atoms with Gasteiger partial charge < -0.3 is 9.47 Å². The molecule has 1 aromatic heterocycles. The van der Waals surface area contributed by atoms with Crippen molar-refractivity contribution in [1.82, 2.24) is 4.57 Å². The van der Waals surface area contributed by atoms with Gasteiger partial charge in [-0.25, -0.2) is 0 Å². The molecule has 0 saturated carbocycles. The predicted octanol–water partition coefficient (Wildman–Crippen LogP) is 9.54. The molecule has 212 valence electrons. The van der Waals surface area contributed by atoms with Crippen LogP contribution in [0.4, 0.5) is 17.1 Å². The summed E-state index contributed by atoms with van der Waals surface area (Å²) in [7, 11) is 0. The minimum atomic E-state index is 0.999. The molecule has 0 atom stereocenters. The first kappa shape index (κ1) is 29.0. The monoisotopic (exact) mass is 550 g/mol. The second-order valence-corrected chi connectivity index (χ2v) is 11.9. The van der Waals surface area contributed by atoms with Crippen molar-refractivity contribution >= 4 is 29.7 Å². The molecule has 2 heteroatoms. The zero-order valence-electron chi connectivity index (χ0n) is 26.4. The first-order valence-corrected chi connectivity index (χ1v) is 14.7. The highest BCUT2D eigenvalue weighted by molar-refractivity contribution is 5.79. The summed E-state index contributed by atoms with van der Waals surface area (Å²) in [5, 5.41) is 2.11. The fourth-order valence-electron chi connectivity index (χ4n) is 5.65. The Hall–Kier alpha value is -4.56. The van der Waals surface area contributed by atoms with E-state index in [1.165, 1.54) is 50.2 Å². The molecular formula is C40H42N2. The van der Waals surface area contributed by atoms with E-state index >= 15 is 0 Å². The maximum absolute atomic E-state index is 4.51. The molecule has 5 aromatic rings. The highest BCUT2D eigenvalue weighted by Gasteiger charge is 2.18. The summed E-state index contributed by atoms with van der Waals surface area (Å²) >= 11 is 0. The lowest BCUT2D eigenvalue weighted by Crippen LogP contribution is -2.28. The van der Waals surface area contributed by atoms with Crippen molar-refractivity contribution in [3.63, 3.8) is 0 Å². The second-order valence-electron chi connectivity index (χ2n) is 11.9. The van der Waals surface area contributed by atoms with Crippen molar-refractivity contribution in [3.05, 3.63) is 141 Å². The predicted molar refractivity (Wildman–Crippen MR) is 183 cm³/mol. The molecule has 0 amide bonds. The third kappa shape index (κ3) is 5.37. The maximum atomic E-state index is 4.51. The maximum Gasteiger partial charge on any atom is 0.0572 e. The number of anilines is 3. The molecule has 0 bridgehead atoms. The van der Waals surface area contributed by atoms with Gasteiger partial charge in [0.05, 0.1) is 11.0 Å². The Morgan fingerprint density at radius 2 is 1.17 bits per heavy atom. The summed E-state index contributed by atoms with van der Waals surface area (Å²) in [5.74, 6) is 0. The van der Waals surface area contributed by atoms with E-state index < -0.39 is 0 Å². The van der Waals surface area contributed by atoms with E-state index in [0.29, 0.717) is 0 Å². The molecule has 0 unspecified atom stereocenters. The summed E-state index contributed by atoms with van der Waals surface area (Å²) in [4.78, 5) is 2.35. The Bertz CT molecular complexity index is 1880. The Morgan fingerprint density at radius 3 is 1.69 bits per heavy atom. The van der Waals surface area contributed by atoms with Gasteiger partial charge in [0.25, 0.3) is 0 Å². The van der Waals surface area contributed by atoms with E-state index in [-0.39, 0.29) is 0 Å². The quantitative estimate of drug-likeness (QED) is 0.204. The van der Waals surface area contributed by atoms with Crippen molar-refractivity contribution < 1.29 is 0 Å². The van der Waals surface area contributed by atoms with Crippen molar-refractivity contribution in [2.24, 2.45) is 0 Å². The van der Waals surface area contributed by atoms with Crippen LogP contribution in [0.2, 0.25) is 0 Å². The van der Waals surface area contributed by atoms with Crippen molar-refractivity contribution in [3.8, 4) is 16.9 Å². The van der Waals surface area contributed by atoms with Gasteiger partial charge in [-0.3, -0.25) is 0 Å². The van der Waals surface area contributed by atoms with E-state index in [4.69, 9.17) is 0 Å². The SMILES string of the molecule is C=C(C)/C=c1\c(=C)c(C)c(-c2cc(C)ccc2C)n1-c1ccc(N(c2ccc(C)c(C)c2)c2ccc(C)c(C)c2)cc1. The Labute approximate surface area is 251 Å². The molecule has 5 rings (SSSR count). The fourth-order valence-corrected chi connectivity index (χ4v) is 5.65.